The number of aryl methyl sites for hydroxylation is 1. The lowest BCUT2D eigenvalue weighted by molar-refractivity contribution is -0.130. The summed E-state index contributed by atoms with van der Waals surface area (Å²) in [5.74, 6) is -0.291. The highest BCUT2D eigenvalue weighted by Gasteiger charge is 2.29. The zero-order chi connectivity index (χ0) is 31.1. The number of aromatic amines is 1. The number of benzene rings is 3. The Morgan fingerprint density at radius 3 is 2.50 bits per heavy atom. The van der Waals surface area contributed by atoms with Gasteiger partial charge in [0.1, 0.15) is 6.04 Å². The van der Waals surface area contributed by atoms with Crippen LogP contribution in [0.25, 0.3) is 22.0 Å². The number of aromatic nitrogens is 2. The molecule has 10 nitrogen and oxygen atoms in total. The predicted molar refractivity (Wildman–Crippen MR) is 171 cm³/mol. The quantitative estimate of drug-likeness (QED) is 0.155. The summed E-state index contributed by atoms with van der Waals surface area (Å²) in [6.45, 7) is 2.68. The summed E-state index contributed by atoms with van der Waals surface area (Å²) < 4.78 is 0. The van der Waals surface area contributed by atoms with Gasteiger partial charge >= 0.3 is 0 Å². The van der Waals surface area contributed by atoms with Gasteiger partial charge in [0.2, 0.25) is 11.8 Å². The lowest BCUT2D eigenvalue weighted by Crippen LogP contribution is -2.48. The van der Waals surface area contributed by atoms with Crippen molar-refractivity contribution in [1.82, 2.24) is 20.8 Å². The molecule has 0 spiro atoms. The highest BCUT2D eigenvalue weighted by Crippen LogP contribution is 2.29. The van der Waals surface area contributed by atoms with E-state index in [1.54, 1.807) is 12.3 Å². The van der Waals surface area contributed by atoms with Gasteiger partial charge in [-0.15, -0.1) is 0 Å². The van der Waals surface area contributed by atoms with Crippen molar-refractivity contribution in [2.75, 3.05) is 25.0 Å². The average Bonchev–Trinajstić information content (AvgIpc) is 3.51. The lowest BCUT2D eigenvalue weighted by atomic mass is 9.81. The SMILES string of the molecule is Cc1cc(C(=O)NCCO)ccc1-c1ccc(C[C@H](NC(=O)[C@H]2CC[C@H](CN)CC2)C(=O)Nc2ccc3cn[nH]c3c2)cc1. The van der Waals surface area contributed by atoms with Crippen LogP contribution in [0, 0.1) is 18.8 Å². The second-order valence-electron chi connectivity index (χ2n) is 11.6. The third kappa shape index (κ3) is 7.50. The van der Waals surface area contributed by atoms with Gasteiger partial charge in [-0.25, -0.2) is 0 Å². The third-order valence-corrected chi connectivity index (χ3v) is 8.48. The number of anilines is 1. The molecule has 10 heteroatoms. The smallest absolute Gasteiger partial charge is 0.251 e. The highest BCUT2D eigenvalue weighted by atomic mass is 16.3. The Kier molecular flexibility index (Phi) is 10.0. The van der Waals surface area contributed by atoms with Crippen LogP contribution < -0.4 is 21.7 Å². The van der Waals surface area contributed by atoms with Crippen molar-refractivity contribution in [1.29, 1.82) is 0 Å². The molecule has 44 heavy (non-hydrogen) atoms. The highest BCUT2D eigenvalue weighted by molar-refractivity contribution is 5.99. The van der Waals surface area contributed by atoms with Gasteiger partial charge in [-0.05, 0) is 97.7 Å². The first kappa shape index (κ1) is 30.9. The minimum Gasteiger partial charge on any atom is -0.395 e. The molecule has 230 valence electrons. The fourth-order valence-electron chi connectivity index (χ4n) is 5.86. The van der Waals surface area contributed by atoms with E-state index in [0.29, 0.717) is 30.1 Å². The van der Waals surface area contributed by atoms with Crippen LogP contribution in [-0.2, 0) is 16.0 Å². The van der Waals surface area contributed by atoms with Crippen molar-refractivity contribution < 1.29 is 19.5 Å². The summed E-state index contributed by atoms with van der Waals surface area (Å²) in [6.07, 6.45) is 5.43. The Morgan fingerprint density at radius 2 is 1.80 bits per heavy atom. The molecule has 0 aliphatic heterocycles. The van der Waals surface area contributed by atoms with E-state index >= 15 is 0 Å². The maximum Gasteiger partial charge on any atom is 0.251 e. The number of H-pyrrole nitrogens is 1. The third-order valence-electron chi connectivity index (χ3n) is 8.48. The molecule has 4 aromatic rings. The van der Waals surface area contributed by atoms with Crippen molar-refractivity contribution in [2.45, 2.75) is 45.1 Å². The molecular formula is C34H40N6O4. The number of aliphatic hydroxyl groups is 1. The van der Waals surface area contributed by atoms with Gasteiger partial charge < -0.3 is 26.8 Å². The molecule has 1 aromatic heterocycles. The largest absolute Gasteiger partial charge is 0.395 e. The summed E-state index contributed by atoms with van der Waals surface area (Å²) in [7, 11) is 0. The molecule has 5 rings (SSSR count). The van der Waals surface area contributed by atoms with Crippen LogP contribution >= 0.6 is 0 Å². The Balaban J connectivity index is 1.31. The van der Waals surface area contributed by atoms with E-state index in [0.717, 1.165) is 58.8 Å². The first-order chi connectivity index (χ1) is 21.3. The van der Waals surface area contributed by atoms with E-state index in [-0.39, 0.29) is 36.8 Å². The first-order valence-corrected chi connectivity index (χ1v) is 15.2. The number of fused-ring (bicyclic) bond motifs is 1. The zero-order valence-corrected chi connectivity index (χ0v) is 24.9. The van der Waals surface area contributed by atoms with Crippen molar-refractivity contribution >= 4 is 34.3 Å². The summed E-state index contributed by atoms with van der Waals surface area (Å²) >= 11 is 0. The molecule has 7 N–H and O–H groups in total. The minimum absolute atomic E-state index is 0.0972. The van der Waals surface area contributed by atoms with E-state index in [1.165, 1.54) is 0 Å². The normalized spacial score (nSPS) is 17.2. The van der Waals surface area contributed by atoms with E-state index in [2.05, 4.69) is 26.1 Å². The van der Waals surface area contributed by atoms with Crippen LogP contribution in [0.4, 0.5) is 5.69 Å². The topological polar surface area (TPSA) is 162 Å². The van der Waals surface area contributed by atoms with Crippen molar-refractivity contribution in [3.63, 3.8) is 0 Å². The maximum atomic E-state index is 13.6. The predicted octanol–water partition coefficient (Wildman–Crippen LogP) is 3.69. The zero-order valence-electron chi connectivity index (χ0n) is 24.9. The Labute approximate surface area is 256 Å². The fourth-order valence-corrected chi connectivity index (χ4v) is 5.86. The molecule has 3 amide bonds. The monoisotopic (exact) mass is 596 g/mol. The summed E-state index contributed by atoms with van der Waals surface area (Å²) in [5.41, 5.74) is 11.6. The standard InChI is InChI=1S/C34H40N6O4/c1-21-16-26(32(42)36-14-15-41)11-13-29(21)24-6-2-22(3-7-24)17-31(39-33(43)25-8-4-23(19-35)5-9-25)34(44)38-28-12-10-27-20-37-40-30(27)18-28/h2-3,6-7,10-13,16,18,20,23,25,31,41H,4-5,8-9,14-15,17,19,35H2,1H3,(H,36,42)(H,37,40)(H,38,44)(H,39,43)/t23-,25-,31-/m0/s1. The van der Waals surface area contributed by atoms with Gasteiger partial charge in [0.15, 0.2) is 0 Å². The van der Waals surface area contributed by atoms with Crippen molar-refractivity contribution in [2.24, 2.45) is 17.6 Å². The molecule has 1 saturated carbocycles. The average molecular weight is 597 g/mol. The van der Waals surface area contributed by atoms with Gasteiger partial charge in [-0.3, -0.25) is 19.5 Å². The summed E-state index contributed by atoms with van der Waals surface area (Å²) in [6, 6.07) is 18.2. The second-order valence-corrected chi connectivity index (χ2v) is 11.6. The molecule has 3 aromatic carbocycles. The maximum absolute atomic E-state index is 13.6. The van der Waals surface area contributed by atoms with Gasteiger partial charge in [0.05, 0.1) is 18.3 Å². The number of hydrogen-bond donors (Lipinski definition) is 6. The number of nitrogens with two attached hydrogens (primary N) is 1. The minimum atomic E-state index is -0.767. The number of aliphatic hydroxyl groups excluding tert-OH is 1. The van der Waals surface area contributed by atoms with E-state index in [4.69, 9.17) is 10.8 Å². The molecule has 1 heterocycles. The van der Waals surface area contributed by atoms with Gasteiger partial charge in [0.25, 0.3) is 5.91 Å². The second kappa shape index (κ2) is 14.3. The molecule has 1 atom stereocenters. The number of amides is 3. The molecule has 0 unspecified atom stereocenters. The molecule has 1 aliphatic carbocycles. The van der Waals surface area contributed by atoms with E-state index < -0.39 is 6.04 Å². The van der Waals surface area contributed by atoms with Crippen LogP contribution in [0.3, 0.4) is 0 Å². The van der Waals surface area contributed by atoms with Gasteiger partial charge in [-0.1, -0.05) is 30.3 Å². The Hall–Kier alpha value is -4.54. The lowest BCUT2D eigenvalue weighted by Gasteiger charge is -2.28. The van der Waals surface area contributed by atoms with Gasteiger partial charge in [-0.2, -0.15) is 5.10 Å². The van der Waals surface area contributed by atoms with Crippen LogP contribution in [0.5, 0.6) is 0 Å². The fraction of sp³-hybridized carbons (Fsp3) is 0.353. The molecule has 0 radical (unpaired) electrons. The number of carbonyl (C=O) groups excluding carboxylic acids is 3. The van der Waals surface area contributed by atoms with Gasteiger partial charge in [0, 0.05) is 35.5 Å². The molecule has 1 aliphatic rings. The molecule has 0 saturated heterocycles. The van der Waals surface area contributed by atoms with E-state index in [9.17, 15) is 14.4 Å². The number of rotatable bonds is 11. The number of nitrogens with zero attached hydrogens (tertiary/aromatic N) is 1. The number of hydrogen-bond acceptors (Lipinski definition) is 6. The van der Waals surface area contributed by atoms with Crippen molar-refractivity contribution in [3.8, 4) is 11.1 Å². The number of nitrogens with one attached hydrogen (secondary N) is 4. The van der Waals surface area contributed by atoms with Crippen LogP contribution in [-0.4, -0.2) is 58.8 Å². The summed E-state index contributed by atoms with van der Waals surface area (Å²) in [4.78, 5) is 39.2. The molecule has 0 bridgehead atoms. The first-order valence-electron chi connectivity index (χ1n) is 15.2. The molecule has 1 fully saturated rings. The Bertz CT molecular complexity index is 1610. The van der Waals surface area contributed by atoms with Crippen LogP contribution in [0.15, 0.2) is 66.9 Å². The Morgan fingerprint density at radius 1 is 1.02 bits per heavy atom. The van der Waals surface area contributed by atoms with Crippen LogP contribution in [0.1, 0.15) is 47.2 Å². The summed E-state index contributed by atoms with van der Waals surface area (Å²) in [5, 5.41) is 25.6. The van der Waals surface area contributed by atoms with Crippen molar-refractivity contribution in [3.05, 3.63) is 83.6 Å². The number of carbonyl (C=O) groups is 3. The van der Waals surface area contributed by atoms with E-state index in [1.807, 2.05) is 61.5 Å². The van der Waals surface area contributed by atoms with Crippen LogP contribution in [0.2, 0.25) is 0 Å². The molecular weight excluding hydrogens is 556 g/mol.